The molecule has 2 aromatic rings. The van der Waals surface area contributed by atoms with Crippen LogP contribution < -0.4 is 0 Å². The van der Waals surface area contributed by atoms with Crippen molar-refractivity contribution < 1.29 is 4.79 Å². The van der Waals surface area contributed by atoms with Gasteiger partial charge in [0.2, 0.25) is 5.91 Å². The maximum absolute atomic E-state index is 11.8. The van der Waals surface area contributed by atoms with Gasteiger partial charge in [-0.05, 0) is 31.6 Å². The van der Waals surface area contributed by atoms with Gasteiger partial charge < -0.3 is 4.90 Å². The maximum Gasteiger partial charge on any atom is 0.222 e. The van der Waals surface area contributed by atoms with Crippen LogP contribution in [0.5, 0.6) is 0 Å². The molecule has 1 aliphatic heterocycles. The lowest BCUT2D eigenvalue weighted by Crippen LogP contribution is -2.26. The second-order valence-corrected chi connectivity index (χ2v) is 7.81. The molecule has 3 heterocycles. The topological polar surface area (TPSA) is 81.7 Å². The van der Waals surface area contributed by atoms with Gasteiger partial charge in [0.25, 0.3) is 0 Å². The number of carbonyl (C=O) groups excluding carboxylic acids is 1. The number of nitrogens with zero attached hydrogens (tertiary/aromatic N) is 7. The first-order valence-corrected chi connectivity index (χ1v) is 10.3. The fraction of sp³-hybridized carbons (Fsp3) is 0.737. The molecule has 0 unspecified atom stereocenters. The fourth-order valence-electron chi connectivity index (χ4n) is 4.27. The summed E-state index contributed by atoms with van der Waals surface area (Å²) in [6.07, 6.45) is 13.3. The summed E-state index contributed by atoms with van der Waals surface area (Å²) >= 11 is 0. The van der Waals surface area contributed by atoms with E-state index in [1.165, 1.54) is 38.4 Å². The first-order valence-electron chi connectivity index (χ1n) is 10.3. The quantitative estimate of drug-likeness (QED) is 0.709. The molecule has 2 aliphatic rings. The summed E-state index contributed by atoms with van der Waals surface area (Å²) in [7, 11) is 0. The largest absolute Gasteiger partial charge is 0.343 e. The van der Waals surface area contributed by atoms with E-state index in [1.807, 2.05) is 4.90 Å². The third-order valence-corrected chi connectivity index (χ3v) is 5.72. The second kappa shape index (κ2) is 8.63. The molecule has 0 atom stereocenters. The second-order valence-electron chi connectivity index (χ2n) is 7.81. The Bertz CT molecular complexity index is 733. The molecule has 2 aromatic heterocycles. The Morgan fingerprint density at radius 3 is 2.78 bits per heavy atom. The van der Waals surface area contributed by atoms with E-state index in [1.54, 1.807) is 11.0 Å². The summed E-state index contributed by atoms with van der Waals surface area (Å²) < 4.78 is 3.88. The predicted octanol–water partition coefficient (Wildman–Crippen LogP) is 2.05. The highest BCUT2D eigenvalue weighted by Gasteiger charge is 2.21. The summed E-state index contributed by atoms with van der Waals surface area (Å²) in [5.41, 5.74) is 0. The molecule has 0 spiro atoms. The molecule has 1 saturated carbocycles. The van der Waals surface area contributed by atoms with Crippen LogP contribution in [0.4, 0.5) is 0 Å². The third-order valence-electron chi connectivity index (χ3n) is 5.72. The van der Waals surface area contributed by atoms with Gasteiger partial charge in [-0.2, -0.15) is 10.2 Å². The lowest BCUT2D eigenvalue weighted by atomic mass is 9.89. The van der Waals surface area contributed by atoms with Crippen LogP contribution in [0.1, 0.15) is 63.0 Å². The SMILES string of the molecule is O=C1CCCN1CCCc1nc(Cn2cncn2)nn1CC1CCCCC1. The van der Waals surface area contributed by atoms with Crippen molar-refractivity contribution in [2.24, 2.45) is 5.92 Å². The van der Waals surface area contributed by atoms with Gasteiger partial charge in [0, 0.05) is 32.5 Å². The van der Waals surface area contributed by atoms with Crippen molar-refractivity contribution in [1.29, 1.82) is 0 Å². The minimum Gasteiger partial charge on any atom is -0.343 e. The maximum atomic E-state index is 11.8. The average Bonchev–Trinajstić information content (AvgIpc) is 3.40. The zero-order chi connectivity index (χ0) is 18.5. The van der Waals surface area contributed by atoms with Crippen LogP contribution in [0.25, 0.3) is 0 Å². The molecule has 1 aliphatic carbocycles. The molecular formula is C19H29N7O. The van der Waals surface area contributed by atoms with Gasteiger partial charge in [-0.25, -0.2) is 19.3 Å². The van der Waals surface area contributed by atoms with E-state index in [-0.39, 0.29) is 0 Å². The zero-order valence-electron chi connectivity index (χ0n) is 16.0. The van der Waals surface area contributed by atoms with Crippen molar-refractivity contribution in [3.8, 4) is 0 Å². The van der Waals surface area contributed by atoms with E-state index in [0.29, 0.717) is 24.8 Å². The standard InChI is InChI=1S/C19H29N7O/c27-19-9-5-11-24(19)10-4-8-18-22-17(13-25-15-20-14-21-25)23-26(18)12-16-6-2-1-3-7-16/h14-16H,1-13H2. The normalized spacial score (nSPS) is 18.5. The van der Waals surface area contributed by atoms with Gasteiger partial charge in [-0.15, -0.1) is 0 Å². The van der Waals surface area contributed by atoms with Crippen LogP contribution in [-0.2, 0) is 24.3 Å². The van der Waals surface area contributed by atoms with Crippen molar-refractivity contribution in [2.45, 2.75) is 70.9 Å². The highest BCUT2D eigenvalue weighted by molar-refractivity contribution is 5.77. The Morgan fingerprint density at radius 1 is 1.15 bits per heavy atom. The van der Waals surface area contributed by atoms with Gasteiger partial charge in [0.15, 0.2) is 5.82 Å². The Labute approximate surface area is 160 Å². The molecule has 8 nitrogen and oxygen atoms in total. The van der Waals surface area contributed by atoms with Gasteiger partial charge in [-0.1, -0.05) is 19.3 Å². The van der Waals surface area contributed by atoms with Gasteiger partial charge in [0.05, 0.1) is 0 Å². The molecule has 1 saturated heterocycles. The highest BCUT2D eigenvalue weighted by atomic mass is 16.2. The number of amides is 1. The molecule has 146 valence electrons. The van der Waals surface area contributed by atoms with Crippen LogP contribution in [0.3, 0.4) is 0 Å². The number of carbonyl (C=O) groups is 1. The smallest absolute Gasteiger partial charge is 0.222 e. The van der Waals surface area contributed by atoms with E-state index >= 15 is 0 Å². The molecule has 0 bridgehead atoms. The molecular weight excluding hydrogens is 342 g/mol. The Hall–Kier alpha value is -2.25. The Kier molecular flexibility index (Phi) is 5.79. The summed E-state index contributed by atoms with van der Waals surface area (Å²) in [5, 5.41) is 8.94. The molecule has 0 radical (unpaired) electrons. The highest BCUT2D eigenvalue weighted by Crippen LogP contribution is 2.25. The number of hydrogen-bond acceptors (Lipinski definition) is 5. The van der Waals surface area contributed by atoms with E-state index in [4.69, 9.17) is 10.1 Å². The first kappa shape index (κ1) is 18.1. The van der Waals surface area contributed by atoms with Gasteiger partial charge in [0.1, 0.15) is 25.0 Å². The molecule has 4 rings (SSSR count). The third kappa shape index (κ3) is 4.73. The lowest BCUT2D eigenvalue weighted by Gasteiger charge is -2.22. The van der Waals surface area contributed by atoms with Gasteiger partial charge in [-0.3, -0.25) is 4.79 Å². The lowest BCUT2D eigenvalue weighted by molar-refractivity contribution is -0.127. The predicted molar refractivity (Wildman–Crippen MR) is 99.9 cm³/mol. The molecule has 0 aromatic carbocycles. The molecule has 1 amide bonds. The average molecular weight is 371 g/mol. The van der Waals surface area contributed by atoms with E-state index in [9.17, 15) is 4.79 Å². The van der Waals surface area contributed by atoms with Crippen LogP contribution in [0.15, 0.2) is 12.7 Å². The van der Waals surface area contributed by atoms with Crippen LogP contribution in [0.2, 0.25) is 0 Å². The molecule has 27 heavy (non-hydrogen) atoms. The minimum absolute atomic E-state index is 0.297. The van der Waals surface area contributed by atoms with Crippen LogP contribution in [0, 0.1) is 5.92 Å². The summed E-state index contributed by atoms with van der Waals surface area (Å²) in [6, 6.07) is 0. The first-order chi connectivity index (χ1) is 13.3. The Morgan fingerprint density at radius 2 is 2.04 bits per heavy atom. The van der Waals surface area contributed by atoms with Crippen LogP contribution >= 0.6 is 0 Å². The van der Waals surface area contributed by atoms with E-state index in [2.05, 4.69) is 14.8 Å². The molecule has 8 heteroatoms. The van der Waals surface area contributed by atoms with Gasteiger partial charge >= 0.3 is 0 Å². The van der Waals surface area contributed by atoms with Crippen molar-refractivity contribution in [3.63, 3.8) is 0 Å². The molecule has 0 N–H and O–H groups in total. The summed E-state index contributed by atoms with van der Waals surface area (Å²) in [5.74, 6) is 2.84. The number of aromatic nitrogens is 6. The summed E-state index contributed by atoms with van der Waals surface area (Å²) in [6.45, 7) is 3.25. The zero-order valence-corrected chi connectivity index (χ0v) is 16.0. The number of rotatable bonds is 8. The van der Waals surface area contributed by atoms with E-state index in [0.717, 1.165) is 50.5 Å². The van der Waals surface area contributed by atoms with Crippen molar-refractivity contribution >= 4 is 5.91 Å². The Balaban J connectivity index is 1.41. The van der Waals surface area contributed by atoms with Crippen molar-refractivity contribution in [2.75, 3.05) is 13.1 Å². The number of likely N-dealkylation sites (tertiary alicyclic amines) is 1. The van der Waals surface area contributed by atoms with Crippen molar-refractivity contribution in [3.05, 3.63) is 24.3 Å². The number of hydrogen-bond donors (Lipinski definition) is 0. The van der Waals surface area contributed by atoms with Crippen molar-refractivity contribution in [1.82, 2.24) is 34.4 Å². The minimum atomic E-state index is 0.297. The monoisotopic (exact) mass is 371 g/mol. The fourth-order valence-corrected chi connectivity index (χ4v) is 4.27. The number of aryl methyl sites for hydroxylation is 1. The molecule has 2 fully saturated rings. The van der Waals surface area contributed by atoms with Crippen LogP contribution in [-0.4, -0.2) is 53.4 Å². The van der Waals surface area contributed by atoms with E-state index < -0.39 is 0 Å². The summed E-state index contributed by atoms with van der Waals surface area (Å²) in [4.78, 5) is 22.6.